The second kappa shape index (κ2) is 3.48. The van der Waals surface area contributed by atoms with Gasteiger partial charge in [-0.15, -0.1) is 11.8 Å². The quantitative estimate of drug-likeness (QED) is 0.744. The number of nitrogens with one attached hydrogen (secondary N) is 1. The Labute approximate surface area is 89.3 Å². The average Bonchev–Trinajstić information content (AvgIpc) is 2.15. The first-order valence-electron chi connectivity index (χ1n) is 4.87. The molecule has 76 valence electrons. The Morgan fingerprint density at radius 3 is 3.00 bits per heavy atom. The molecule has 0 aliphatic carbocycles. The summed E-state index contributed by atoms with van der Waals surface area (Å²) < 4.78 is 0.262. The number of anilines is 1. The molecule has 0 atom stereocenters. The predicted octanol–water partition coefficient (Wildman–Crippen LogP) is 2.44. The number of rotatable bonds is 1. The fourth-order valence-corrected chi connectivity index (χ4v) is 2.86. The molecular weight excluding hydrogens is 192 g/mol. The zero-order chi connectivity index (χ0) is 10.2. The number of hydrogen-bond acceptors (Lipinski definition) is 3. The molecule has 0 saturated carbocycles. The second-order valence-electron chi connectivity index (χ2n) is 4.21. The van der Waals surface area contributed by atoms with Gasteiger partial charge in [0.05, 0.1) is 0 Å². The lowest BCUT2D eigenvalue weighted by Gasteiger charge is -2.32. The van der Waals surface area contributed by atoms with E-state index in [1.807, 2.05) is 11.8 Å². The van der Waals surface area contributed by atoms with Gasteiger partial charge < -0.3 is 11.1 Å². The lowest BCUT2D eigenvalue weighted by atomic mass is 10.1. The maximum atomic E-state index is 5.72. The maximum Gasteiger partial charge on any atom is 0.0482 e. The summed E-state index contributed by atoms with van der Waals surface area (Å²) in [6.07, 6.45) is 0. The Kier molecular flexibility index (Phi) is 2.45. The van der Waals surface area contributed by atoms with Crippen molar-refractivity contribution in [2.24, 2.45) is 5.73 Å². The van der Waals surface area contributed by atoms with Crippen LogP contribution in [-0.2, 0) is 6.54 Å². The van der Waals surface area contributed by atoms with Gasteiger partial charge in [-0.1, -0.05) is 12.1 Å². The zero-order valence-electron chi connectivity index (χ0n) is 8.63. The van der Waals surface area contributed by atoms with Crippen molar-refractivity contribution in [3.8, 4) is 0 Å². The normalized spacial score (nSPS) is 18.5. The summed E-state index contributed by atoms with van der Waals surface area (Å²) >= 11 is 1.92. The number of benzene rings is 1. The van der Waals surface area contributed by atoms with E-state index in [4.69, 9.17) is 5.73 Å². The summed E-state index contributed by atoms with van der Waals surface area (Å²) in [6.45, 7) is 6.13. The molecule has 0 saturated heterocycles. The highest BCUT2D eigenvalue weighted by Crippen LogP contribution is 2.42. The van der Waals surface area contributed by atoms with Gasteiger partial charge in [0, 0.05) is 28.4 Å². The van der Waals surface area contributed by atoms with Crippen LogP contribution in [0.3, 0.4) is 0 Å². The van der Waals surface area contributed by atoms with Crippen LogP contribution >= 0.6 is 11.8 Å². The van der Waals surface area contributed by atoms with E-state index < -0.39 is 0 Å². The minimum Gasteiger partial charge on any atom is -0.383 e. The average molecular weight is 208 g/mol. The summed E-state index contributed by atoms with van der Waals surface area (Å²) in [7, 11) is 0. The Bertz CT molecular complexity index is 333. The van der Waals surface area contributed by atoms with Gasteiger partial charge in [-0.05, 0) is 25.5 Å². The van der Waals surface area contributed by atoms with E-state index in [-0.39, 0.29) is 4.75 Å². The summed E-state index contributed by atoms with van der Waals surface area (Å²) in [4.78, 5) is 1.33. The molecule has 2 nitrogen and oxygen atoms in total. The molecule has 2 rings (SSSR count). The van der Waals surface area contributed by atoms with Crippen molar-refractivity contribution in [2.45, 2.75) is 30.0 Å². The first-order valence-corrected chi connectivity index (χ1v) is 5.69. The molecule has 1 aliphatic rings. The van der Waals surface area contributed by atoms with Crippen LogP contribution in [0, 0.1) is 0 Å². The Balaban J connectivity index is 2.43. The first kappa shape index (κ1) is 9.87. The standard InChI is InChI=1S/C11H16N2S/c1-11(2)7-13-9-5-3-4-8(6-12)10(9)14-11/h3-5,13H,6-7,12H2,1-2H3. The van der Waals surface area contributed by atoms with Gasteiger partial charge in [-0.2, -0.15) is 0 Å². The van der Waals surface area contributed by atoms with Crippen LogP contribution in [0.5, 0.6) is 0 Å². The molecule has 1 heterocycles. The van der Waals surface area contributed by atoms with Crippen molar-refractivity contribution in [3.05, 3.63) is 23.8 Å². The summed E-state index contributed by atoms with van der Waals surface area (Å²) in [5, 5.41) is 3.45. The largest absolute Gasteiger partial charge is 0.383 e. The van der Waals surface area contributed by atoms with Gasteiger partial charge in [-0.25, -0.2) is 0 Å². The van der Waals surface area contributed by atoms with Crippen molar-refractivity contribution in [1.29, 1.82) is 0 Å². The van der Waals surface area contributed by atoms with Gasteiger partial charge in [0.25, 0.3) is 0 Å². The van der Waals surface area contributed by atoms with Crippen LogP contribution in [0.2, 0.25) is 0 Å². The van der Waals surface area contributed by atoms with Crippen LogP contribution in [0.1, 0.15) is 19.4 Å². The molecule has 0 radical (unpaired) electrons. The van der Waals surface area contributed by atoms with Crippen molar-refractivity contribution in [1.82, 2.24) is 0 Å². The zero-order valence-corrected chi connectivity index (χ0v) is 9.45. The molecule has 1 aliphatic heterocycles. The lowest BCUT2D eigenvalue weighted by Crippen LogP contribution is -2.30. The summed E-state index contributed by atoms with van der Waals surface area (Å²) in [6, 6.07) is 6.29. The van der Waals surface area contributed by atoms with E-state index in [0.717, 1.165) is 6.54 Å². The van der Waals surface area contributed by atoms with Crippen molar-refractivity contribution in [2.75, 3.05) is 11.9 Å². The van der Waals surface area contributed by atoms with E-state index in [1.165, 1.54) is 16.1 Å². The molecule has 0 unspecified atom stereocenters. The first-order chi connectivity index (χ1) is 6.62. The van der Waals surface area contributed by atoms with Crippen LogP contribution in [-0.4, -0.2) is 11.3 Å². The molecule has 1 aromatic carbocycles. The van der Waals surface area contributed by atoms with E-state index in [1.54, 1.807) is 0 Å². The Morgan fingerprint density at radius 1 is 1.50 bits per heavy atom. The van der Waals surface area contributed by atoms with Crippen LogP contribution in [0.4, 0.5) is 5.69 Å². The van der Waals surface area contributed by atoms with Gasteiger partial charge in [0.1, 0.15) is 0 Å². The number of thioether (sulfide) groups is 1. The minimum absolute atomic E-state index is 0.262. The van der Waals surface area contributed by atoms with Crippen molar-refractivity contribution >= 4 is 17.4 Å². The third kappa shape index (κ3) is 1.74. The molecule has 0 fully saturated rings. The molecule has 0 spiro atoms. The molecule has 0 aromatic heterocycles. The predicted molar refractivity (Wildman–Crippen MR) is 62.8 cm³/mol. The number of nitrogens with two attached hydrogens (primary N) is 1. The second-order valence-corrected chi connectivity index (χ2v) is 5.93. The highest BCUT2D eigenvalue weighted by Gasteiger charge is 2.26. The molecule has 0 amide bonds. The number of hydrogen-bond donors (Lipinski definition) is 2. The van der Waals surface area contributed by atoms with E-state index in [2.05, 4.69) is 37.4 Å². The Hall–Kier alpha value is -0.670. The van der Waals surface area contributed by atoms with Gasteiger partial charge in [-0.3, -0.25) is 0 Å². The topological polar surface area (TPSA) is 38.0 Å². The van der Waals surface area contributed by atoms with Crippen molar-refractivity contribution in [3.63, 3.8) is 0 Å². The molecule has 3 heteroatoms. The van der Waals surface area contributed by atoms with Crippen molar-refractivity contribution < 1.29 is 0 Å². The molecule has 14 heavy (non-hydrogen) atoms. The minimum atomic E-state index is 0.262. The molecule has 3 N–H and O–H groups in total. The summed E-state index contributed by atoms with van der Waals surface area (Å²) in [5.41, 5.74) is 8.20. The van der Waals surface area contributed by atoms with Gasteiger partial charge in [0.2, 0.25) is 0 Å². The number of fused-ring (bicyclic) bond motifs is 1. The lowest BCUT2D eigenvalue weighted by molar-refractivity contribution is 0.736. The van der Waals surface area contributed by atoms with Gasteiger partial charge in [0.15, 0.2) is 0 Å². The maximum absolute atomic E-state index is 5.72. The fourth-order valence-electron chi connectivity index (χ4n) is 1.63. The summed E-state index contributed by atoms with van der Waals surface area (Å²) in [5.74, 6) is 0. The van der Waals surface area contributed by atoms with Gasteiger partial charge >= 0.3 is 0 Å². The van der Waals surface area contributed by atoms with E-state index in [0.29, 0.717) is 6.54 Å². The molecular formula is C11H16N2S. The van der Waals surface area contributed by atoms with E-state index in [9.17, 15) is 0 Å². The smallest absolute Gasteiger partial charge is 0.0482 e. The van der Waals surface area contributed by atoms with Crippen LogP contribution in [0.25, 0.3) is 0 Å². The highest BCUT2D eigenvalue weighted by atomic mass is 32.2. The Morgan fingerprint density at radius 2 is 2.29 bits per heavy atom. The van der Waals surface area contributed by atoms with E-state index >= 15 is 0 Å². The molecule has 0 bridgehead atoms. The SMILES string of the molecule is CC1(C)CNc2cccc(CN)c2S1. The van der Waals surface area contributed by atoms with Crippen LogP contribution in [0.15, 0.2) is 23.1 Å². The monoisotopic (exact) mass is 208 g/mol. The third-order valence-corrected chi connectivity index (χ3v) is 3.78. The highest BCUT2D eigenvalue weighted by molar-refractivity contribution is 8.01. The fraction of sp³-hybridized carbons (Fsp3) is 0.455. The third-order valence-electron chi connectivity index (χ3n) is 2.40. The molecule has 1 aromatic rings. The van der Waals surface area contributed by atoms with Crippen LogP contribution < -0.4 is 11.1 Å².